The summed E-state index contributed by atoms with van der Waals surface area (Å²) in [7, 11) is 3.64. The molecule has 0 aliphatic carbocycles. The molecule has 0 N–H and O–H groups in total. The minimum atomic E-state index is 0.257. The summed E-state index contributed by atoms with van der Waals surface area (Å²) in [5, 5.41) is 8.10. The molecule has 25 heavy (non-hydrogen) atoms. The summed E-state index contributed by atoms with van der Waals surface area (Å²) >= 11 is 0. The van der Waals surface area contributed by atoms with Crippen molar-refractivity contribution in [1.82, 2.24) is 19.7 Å². The molecule has 0 atom stereocenters. The van der Waals surface area contributed by atoms with Crippen LogP contribution in [0.2, 0.25) is 0 Å². The van der Waals surface area contributed by atoms with Gasteiger partial charge >= 0.3 is 0 Å². The summed E-state index contributed by atoms with van der Waals surface area (Å²) in [6.45, 7) is 1.70. The van der Waals surface area contributed by atoms with Gasteiger partial charge in [-0.15, -0.1) is 10.2 Å². The van der Waals surface area contributed by atoms with E-state index in [9.17, 15) is 4.79 Å². The van der Waals surface area contributed by atoms with E-state index in [1.807, 2.05) is 40.8 Å². The number of rotatable bonds is 6. The van der Waals surface area contributed by atoms with Gasteiger partial charge in [0, 0.05) is 33.0 Å². The number of hydrogen-bond acceptors (Lipinski definition) is 4. The number of piperidine rings is 1. The van der Waals surface area contributed by atoms with E-state index in [-0.39, 0.29) is 5.91 Å². The maximum absolute atomic E-state index is 12.4. The van der Waals surface area contributed by atoms with E-state index >= 15 is 0 Å². The normalized spacial score (nSPS) is 15.4. The van der Waals surface area contributed by atoms with Crippen LogP contribution < -0.4 is 4.74 Å². The molecule has 2 heterocycles. The van der Waals surface area contributed by atoms with Crippen molar-refractivity contribution in [3.8, 4) is 5.75 Å². The number of aryl methyl sites for hydroxylation is 2. The van der Waals surface area contributed by atoms with Crippen molar-refractivity contribution < 1.29 is 9.53 Å². The maximum Gasteiger partial charge on any atom is 0.222 e. The van der Waals surface area contributed by atoms with Gasteiger partial charge in [-0.3, -0.25) is 4.79 Å². The number of carbonyl (C=O) groups excluding carboxylic acids is 1. The van der Waals surface area contributed by atoms with Gasteiger partial charge in [0.1, 0.15) is 17.9 Å². The highest BCUT2D eigenvalue weighted by molar-refractivity contribution is 5.76. The van der Waals surface area contributed by atoms with Crippen LogP contribution in [0, 0.1) is 5.92 Å². The number of ether oxygens (including phenoxy) is 1. The molecule has 6 heteroatoms. The van der Waals surface area contributed by atoms with Crippen molar-refractivity contribution in [1.29, 1.82) is 0 Å². The lowest BCUT2D eigenvalue weighted by molar-refractivity contribution is -0.132. The Morgan fingerprint density at radius 3 is 2.56 bits per heavy atom. The quantitative estimate of drug-likeness (QED) is 0.808. The number of amides is 1. The van der Waals surface area contributed by atoms with E-state index in [0.717, 1.165) is 50.3 Å². The Morgan fingerprint density at radius 1 is 1.24 bits per heavy atom. The molecule has 1 aliphatic heterocycles. The number of likely N-dealkylation sites (tertiary alicyclic amines) is 1. The van der Waals surface area contributed by atoms with E-state index in [0.29, 0.717) is 12.3 Å². The number of benzene rings is 1. The van der Waals surface area contributed by atoms with Crippen LogP contribution in [0.4, 0.5) is 0 Å². The summed E-state index contributed by atoms with van der Waals surface area (Å²) in [6, 6.07) is 7.94. The van der Waals surface area contributed by atoms with Gasteiger partial charge in [0.25, 0.3) is 0 Å². The molecule has 0 radical (unpaired) electrons. The average molecular weight is 342 g/mol. The molecule has 1 aromatic heterocycles. The minimum absolute atomic E-state index is 0.257. The van der Waals surface area contributed by atoms with E-state index in [1.54, 1.807) is 13.4 Å². The summed E-state index contributed by atoms with van der Waals surface area (Å²) < 4.78 is 7.14. The highest BCUT2D eigenvalue weighted by Gasteiger charge is 2.23. The fourth-order valence-electron chi connectivity index (χ4n) is 3.34. The predicted molar refractivity (Wildman–Crippen MR) is 95.3 cm³/mol. The standard InChI is InChI=1S/C19H26N4O2/c1-22-14-20-21-18(22)13-16-9-11-23(12-10-16)19(24)8-5-15-3-6-17(25-2)7-4-15/h3-4,6-7,14,16H,5,8-13H2,1-2H3. The minimum Gasteiger partial charge on any atom is -0.497 e. The molecule has 134 valence electrons. The first-order valence-corrected chi connectivity index (χ1v) is 8.89. The molecule has 1 saturated heterocycles. The highest BCUT2D eigenvalue weighted by atomic mass is 16.5. The first kappa shape index (κ1) is 17.5. The van der Waals surface area contributed by atoms with Crippen LogP contribution in [0.3, 0.4) is 0 Å². The van der Waals surface area contributed by atoms with Crippen LogP contribution in [-0.2, 0) is 24.7 Å². The first-order chi connectivity index (χ1) is 12.2. The molecular weight excluding hydrogens is 316 g/mol. The first-order valence-electron chi connectivity index (χ1n) is 8.89. The summed E-state index contributed by atoms with van der Waals surface area (Å²) in [5.41, 5.74) is 1.17. The monoisotopic (exact) mass is 342 g/mol. The van der Waals surface area contributed by atoms with E-state index in [2.05, 4.69) is 10.2 Å². The summed E-state index contributed by atoms with van der Waals surface area (Å²) in [4.78, 5) is 14.5. The van der Waals surface area contributed by atoms with Gasteiger partial charge in [-0.25, -0.2) is 0 Å². The average Bonchev–Trinajstić information content (AvgIpc) is 3.05. The molecule has 1 amide bonds. The van der Waals surface area contributed by atoms with Crippen molar-refractivity contribution in [3.05, 3.63) is 42.0 Å². The topological polar surface area (TPSA) is 60.2 Å². The molecular formula is C19H26N4O2. The maximum atomic E-state index is 12.4. The highest BCUT2D eigenvalue weighted by Crippen LogP contribution is 2.21. The van der Waals surface area contributed by atoms with E-state index in [1.165, 1.54) is 5.56 Å². The Hall–Kier alpha value is -2.37. The lowest BCUT2D eigenvalue weighted by Gasteiger charge is -2.32. The molecule has 3 rings (SSSR count). The van der Waals surface area contributed by atoms with Crippen LogP contribution in [0.15, 0.2) is 30.6 Å². The number of carbonyl (C=O) groups is 1. The van der Waals surface area contributed by atoms with Gasteiger partial charge < -0.3 is 14.2 Å². The Morgan fingerprint density at radius 2 is 1.96 bits per heavy atom. The number of methoxy groups -OCH3 is 1. The van der Waals surface area contributed by atoms with Gasteiger partial charge in [0.2, 0.25) is 5.91 Å². The molecule has 1 fully saturated rings. The Kier molecular flexibility index (Phi) is 5.68. The lowest BCUT2D eigenvalue weighted by atomic mass is 9.93. The third-order valence-electron chi connectivity index (χ3n) is 5.03. The summed E-state index contributed by atoms with van der Waals surface area (Å²) in [6.07, 6.45) is 6.13. The molecule has 0 bridgehead atoms. The molecule has 6 nitrogen and oxygen atoms in total. The third-order valence-corrected chi connectivity index (χ3v) is 5.03. The molecule has 0 spiro atoms. The van der Waals surface area contributed by atoms with Crippen LogP contribution in [-0.4, -0.2) is 45.8 Å². The van der Waals surface area contributed by atoms with Crippen molar-refractivity contribution in [2.45, 2.75) is 32.1 Å². The van der Waals surface area contributed by atoms with Crippen LogP contribution >= 0.6 is 0 Å². The van der Waals surface area contributed by atoms with Crippen molar-refractivity contribution in [2.75, 3.05) is 20.2 Å². The van der Waals surface area contributed by atoms with Gasteiger partial charge in [0.15, 0.2) is 0 Å². The van der Waals surface area contributed by atoms with E-state index in [4.69, 9.17) is 4.74 Å². The number of nitrogens with zero attached hydrogens (tertiary/aromatic N) is 4. The molecule has 0 unspecified atom stereocenters. The fourth-order valence-corrected chi connectivity index (χ4v) is 3.34. The van der Waals surface area contributed by atoms with Crippen LogP contribution in [0.5, 0.6) is 5.75 Å². The van der Waals surface area contributed by atoms with Gasteiger partial charge in [0.05, 0.1) is 7.11 Å². The third kappa shape index (κ3) is 4.59. The molecule has 1 aromatic carbocycles. The Labute approximate surface area is 148 Å². The second-order valence-corrected chi connectivity index (χ2v) is 6.73. The molecule has 2 aromatic rings. The molecule has 0 saturated carbocycles. The van der Waals surface area contributed by atoms with Gasteiger partial charge in [-0.1, -0.05) is 12.1 Å². The Balaban J connectivity index is 1.42. The number of hydrogen-bond donors (Lipinski definition) is 0. The smallest absolute Gasteiger partial charge is 0.222 e. The largest absolute Gasteiger partial charge is 0.497 e. The van der Waals surface area contributed by atoms with Gasteiger partial charge in [-0.2, -0.15) is 0 Å². The lowest BCUT2D eigenvalue weighted by Crippen LogP contribution is -2.39. The van der Waals surface area contributed by atoms with Crippen molar-refractivity contribution in [2.24, 2.45) is 13.0 Å². The zero-order valence-corrected chi connectivity index (χ0v) is 15.0. The van der Waals surface area contributed by atoms with Crippen LogP contribution in [0.25, 0.3) is 0 Å². The molecule has 1 aliphatic rings. The second-order valence-electron chi connectivity index (χ2n) is 6.73. The van der Waals surface area contributed by atoms with E-state index < -0.39 is 0 Å². The van der Waals surface area contributed by atoms with Crippen molar-refractivity contribution in [3.63, 3.8) is 0 Å². The van der Waals surface area contributed by atoms with Gasteiger partial charge in [-0.05, 0) is 42.9 Å². The zero-order chi connectivity index (χ0) is 17.6. The fraction of sp³-hybridized carbons (Fsp3) is 0.526. The number of aromatic nitrogens is 3. The SMILES string of the molecule is COc1ccc(CCC(=O)N2CCC(Cc3nncn3C)CC2)cc1. The summed E-state index contributed by atoms with van der Waals surface area (Å²) in [5.74, 6) is 2.73. The Bertz CT molecular complexity index is 688. The predicted octanol–water partition coefficient (Wildman–Crippen LogP) is 2.24. The second kappa shape index (κ2) is 8.14. The van der Waals surface area contributed by atoms with Crippen LogP contribution in [0.1, 0.15) is 30.7 Å². The van der Waals surface area contributed by atoms with Crippen molar-refractivity contribution >= 4 is 5.91 Å². The zero-order valence-electron chi connectivity index (χ0n) is 15.0.